The van der Waals surface area contributed by atoms with Crippen LogP contribution in [0.5, 0.6) is 0 Å². The molecule has 112 valence electrons. The van der Waals surface area contributed by atoms with Crippen LogP contribution in [-0.2, 0) is 11.2 Å². The molecule has 0 amide bonds. The number of methoxy groups -OCH3 is 1. The molecule has 0 radical (unpaired) electrons. The Kier molecular flexibility index (Phi) is 4.70. The van der Waals surface area contributed by atoms with Gasteiger partial charge in [-0.2, -0.15) is 0 Å². The van der Waals surface area contributed by atoms with Crippen molar-refractivity contribution in [2.75, 3.05) is 13.7 Å². The lowest BCUT2D eigenvalue weighted by molar-refractivity contribution is 0.0689. The number of aryl methyl sites for hydroxylation is 1. The molecule has 1 unspecified atom stereocenters. The van der Waals surface area contributed by atoms with Crippen LogP contribution in [0, 0.1) is 6.92 Å². The number of hydrogen-bond donors (Lipinski definition) is 1. The number of aromatic nitrogens is 3. The van der Waals surface area contributed by atoms with E-state index in [-0.39, 0.29) is 11.7 Å². The van der Waals surface area contributed by atoms with Crippen LogP contribution >= 0.6 is 0 Å². The molecule has 0 spiro atoms. The lowest BCUT2D eigenvalue weighted by Gasteiger charge is -2.14. The van der Waals surface area contributed by atoms with Crippen molar-refractivity contribution in [3.8, 4) is 0 Å². The highest BCUT2D eigenvalue weighted by Gasteiger charge is 2.22. The summed E-state index contributed by atoms with van der Waals surface area (Å²) in [6.45, 7) is 4.37. The molecule has 6 heteroatoms. The topological polar surface area (TPSA) is 77.2 Å². The van der Waals surface area contributed by atoms with E-state index >= 15 is 0 Å². The van der Waals surface area contributed by atoms with Gasteiger partial charge in [0.25, 0.3) is 0 Å². The molecule has 0 saturated heterocycles. The Bertz CT molecular complexity index is 637. The van der Waals surface area contributed by atoms with Crippen LogP contribution in [-0.4, -0.2) is 39.8 Å². The van der Waals surface area contributed by atoms with Crippen LogP contribution < -0.4 is 0 Å². The summed E-state index contributed by atoms with van der Waals surface area (Å²) in [5.41, 5.74) is 2.76. The molecule has 1 aromatic heterocycles. The highest BCUT2D eigenvalue weighted by molar-refractivity contribution is 5.86. The van der Waals surface area contributed by atoms with E-state index in [0.29, 0.717) is 18.7 Å². The normalized spacial score (nSPS) is 12.3. The Morgan fingerprint density at radius 2 is 2.24 bits per heavy atom. The Labute approximate surface area is 123 Å². The average molecular weight is 289 g/mol. The number of carboxylic acids is 1. The second-order valence-electron chi connectivity index (χ2n) is 5.10. The third-order valence-corrected chi connectivity index (χ3v) is 3.27. The van der Waals surface area contributed by atoms with E-state index in [1.807, 2.05) is 38.1 Å². The second-order valence-corrected chi connectivity index (χ2v) is 5.10. The quantitative estimate of drug-likeness (QED) is 0.881. The van der Waals surface area contributed by atoms with Crippen molar-refractivity contribution in [1.82, 2.24) is 15.0 Å². The van der Waals surface area contributed by atoms with Gasteiger partial charge in [0, 0.05) is 13.5 Å². The predicted octanol–water partition coefficient (Wildman–Crippen LogP) is 2.08. The smallest absolute Gasteiger partial charge is 0.358 e. The van der Waals surface area contributed by atoms with Crippen LogP contribution in [0.2, 0.25) is 0 Å². The number of carbonyl (C=O) groups is 1. The maximum absolute atomic E-state index is 11.3. The lowest BCUT2D eigenvalue weighted by atomic mass is 10.1. The number of benzene rings is 1. The molecule has 1 heterocycles. The van der Waals surface area contributed by atoms with Gasteiger partial charge >= 0.3 is 5.97 Å². The van der Waals surface area contributed by atoms with Gasteiger partial charge in [-0.3, -0.25) is 0 Å². The minimum Gasteiger partial charge on any atom is -0.476 e. The number of hydrogen-bond acceptors (Lipinski definition) is 4. The van der Waals surface area contributed by atoms with Gasteiger partial charge in [0.15, 0.2) is 5.69 Å². The lowest BCUT2D eigenvalue weighted by Crippen LogP contribution is -2.17. The molecule has 21 heavy (non-hydrogen) atoms. The first kappa shape index (κ1) is 15.2. The summed E-state index contributed by atoms with van der Waals surface area (Å²) < 4.78 is 6.75. The molecular formula is C15H19N3O3. The van der Waals surface area contributed by atoms with Gasteiger partial charge in [-0.25, -0.2) is 9.48 Å². The van der Waals surface area contributed by atoms with Crippen molar-refractivity contribution in [3.63, 3.8) is 0 Å². The summed E-state index contributed by atoms with van der Waals surface area (Å²) in [5, 5.41) is 17.1. The molecule has 2 rings (SSSR count). The molecule has 6 nitrogen and oxygen atoms in total. The van der Waals surface area contributed by atoms with Gasteiger partial charge in [0.05, 0.1) is 18.3 Å². The highest BCUT2D eigenvalue weighted by atomic mass is 16.5. The number of aromatic carboxylic acids is 1. The van der Waals surface area contributed by atoms with E-state index in [1.54, 1.807) is 11.8 Å². The number of ether oxygens (including phenoxy) is 1. The molecule has 1 N–H and O–H groups in total. The first-order valence-corrected chi connectivity index (χ1v) is 6.74. The van der Waals surface area contributed by atoms with Crippen LogP contribution in [0.3, 0.4) is 0 Å². The summed E-state index contributed by atoms with van der Waals surface area (Å²) in [5.74, 6) is -1.06. The van der Waals surface area contributed by atoms with E-state index in [2.05, 4.69) is 10.3 Å². The standard InChI is InChI=1S/C15H19N3O3/c1-10-5-4-6-12(7-10)8-13-14(15(19)20)16-17-18(13)11(2)9-21-3/h4-7,11H,8-9H2,1-3H3,(H,19,20). The van der Waals surface area contributed by atoms with Gasteiger partial charge in [0.2, 0.25) is 0 Å². The fourth-order valence-electron chi connectivity index (χ4n) is 2.33. The fraction of sp³-hybridized carbons (Fsp3) is 0.400. The Morgan fingerprint density at radius 3 is 2.86 bits per heavy atom. The molecular weight excluding hydrogens is 270 g/mol. The zero-order valence-corrected chi connectivity index (χ0v) is 12.4. The van der Waals surface area contributed by atoms with Crippen molar-refractivity contribution >= 4 is 5.97 Å². The third-order valence-electron chi connectivity index (χ3n) is 3.27. The Balaban J connectivity index is 2.39. The second kappa shape index (κ2) is 6.49. The van der Waals surface area contributed by atoms with E-state index in [0.717, 1.165) is 11.1 Å². The fourth-order valence-corrected chi connectivity index (χ4v) is 2.33. The van der Waals surface area contributed by atoms with E-state index in [1.165, 1.54) is 0 Å². The molecule has 0 aliphatic carbocycles. The minimum atomic E-state index is -1.06. The van der Waals surface area contributed by atoms with Crippen molar-refractivity contribution < 1.29 is 14.6 Å². The van der Waals surface area contributed by atoms with Crippen LogP contribution in [0.4, 0.5) is 0 Å². The van der Waals surface area contributed by atoms with Crippen LogP contribution in [0.15, 0.2) is 24.3 Å². The minimum absolute atomic E-state index is 0.000501. The zero-order chi connectivity index (χ0) is 15.4. The summed E-state index contributed by atoms with van der Waals surface area (Å²) in [7, 11) is 1.60. The first-order chi connectivity index (χ1) is 10.0. The molecule has 2 aromatic rings. The largest absolute Gasteiger partial charge is 0.476 e. The van der Waals surface area contributed by atoms with E-state index in [4.69, 9.17) is 4.74 Å². The number of rotatable bonds is 6. The summed E-state index contributed by atoms with van der Waals surface area (Å²) in [4.78, 5) is 11.3. The number of nitrogens with zero attached hydrogens (tertiary/aromatic N) is 3. The maximum atomic E-state index is 11.3. The van der Waals surface area contributed by atoms with Gasteiger partial charge < -0.3 is 9.84 Å². The van der Waals surface area contributed by atoms with Crippen molar-refractivity contribution in [3.05, 3.63) is 46.8 Å². The summed E-state index contributed by atoms with van der Waals surface area (Å²) in [6.07, 6.45) is 0.477. The maximum Gasteiger partial charge on any atom is 0.358 e. The van der Waals surface area contributed by atoms with Gasteiger partial charge in [-0.15, -0.1) is 5.10 Å². The van der Waals surface area contributed by atoms with Crippen LogP contribution in [0.1, 0.15) is 40.3 Å². The molecule has 0 aliphatic heterocycles. The van der Waals surface area contributed by atoms with Crippen molar-refractivity contribution in [2.45, 2.75) is 26.3 Å². The Hall–Kier alpha value is -2.21. The summed E-state index contributed by atoms with van der Waals surface area (Å²) in [6, 6.07) is 7.89. The highest BCUT2D eigenvalue weighted by Crippen LogP contribution is 2.18. The van der Waals surface area contributed by atoms with Gasteiger partial charge in [-0.05, 0) is 19.4 Å². The SMILES string of the molecule is COCC(C)n1nnc(C(=O)O)c1Cc1cccc(C)c1. The van der Waals surface area contributed by atoms with Gasteiger partial charge in [0.1, 0.15) is 0 Å². The Morgan fingerprint density at radius 1 is 1.48 bits per heavy atom. The molecule has 1 atom stereocenters. The molecule has 1 aromatic carbocycles. The monoisotopic (exact) mass is 289 g/mol. The molecule has 0 saturated carbocycles. The van der Waals surface area contributed by atoms with E-state index in [9.17, 15) is 9.90 Å². The summed E-state index contributed by atoms with van der Waals surface area (Å²) >= 11 is 0. The first-order valence-electron chi connectivity index (χ1n) is 6.74. The number of carboxylic acid groups (broad SMARTS) is 1. The average Bonchev–Trinajstić information content (AvgIpc) is 2.83. The van der Waals surface area contributed by atoms with Crippen molar-refractivity contribution in [2.24, 2.45) is 0 Å². The zero-order valence-electron chi connectivity index (χ0n) is 12.4. The third kappa shape index (κ3) is 3.46. The van der Waals surface area contributed by atoms with E-state index < -0.39 is 5.97 Å². The van der Waals surface area contributed by atoms with Crippen LogP contribution in [0.25, 0.3) is 0 Å². The molecule has 0 fully saturated rings. The molecule has 0 bridgehead atoms. The molecule has 0 aliphatic rings. The van der Waals surface area contributed by atoms with Gasteiger partial charge in [-0.1, -0.05) is 35.0 Å². The van der Waals surface area contributed by atoms with Crippen molar-refractivity contribution in [1.29, 1.82) is 0 Å². The predicted molar refractivity (Wildman–Crippen MR) is 77.6 cm³/mol.